The number of carbonyl (C=O) groups is 1. The Labute approximate surface area is 361 Å². The van der Waals surface area contributed by atoms with Gasteiger partial charge in [0.05, 0.1) is 19.3 Å². The molecule has 342 valence electrons. The number of thioether (sulfide) groups is 1. The standard InChI is InChI=1S/C46H81NO11S/c1-8-15-25-50-32-36-39(52-27-17-10-3)42(54-29-19-12-5)43(55-30-20-13-6)45(56-36)58-40-37(33-51-26-16-9-2)57-46(59-14-7)38(41(40)53-28-18-11-4)47-44(49)35-24-22-21-23-34(35)31-48/h21-24,31,36-47,49H,8-20,25-30,32-33H2,1-7H3/t36?,37?,38?,39-,40+,41?,42?,43?,44?,45-,46-/m0/s1. The van der Waals surface area contributed by atoms with Gasteiger partial charge in [-0.3, -0.25) is 10.1 Å². The first kappa shape index (κ1) is 52.1. The van der Waals surface area contributed by atoms with E-state index in [0.717, 1.165) is 89.1 Å². The maximum absolute atomic E-state index is 12.1. The van der Waals surface area contributed by atoms with Crippen molar-refractivity contribution in [2.45, 2.75) is 192 Å². The molecule has 0 amide bonds. The molecule has 59 heavy (non-hydrogen) atoms. The Hall–Kier alpha value is -1.20. The lowest BCUT2D eigenvalue weighted by atomic mass is 9.95. The van der Waals surface area contributed by atoms with Gasteiger partial charge in [-0.15, -0.1) is 11.8 Å². The second kappa shape index (κ2) is 31.6. The van der Waals surface area contributed by atoms with Gasteiger partial charge in [0.1, 0.15) is 60.7 Å². The van der Waals surface area contributed by atoms with Crippen LogP contribution in [0, 0.1) is 0 Å². The Bertz CT molecular complexity index is 1200. The van der Waals surface area contributed by atoms with Gasteiger partial charge in [0, 0.05) is 50.8 Å². The van der Waals surface area contributed by atoms with Crippen molar-refractivity contribution in [1.82, 2.24) is 5.32 Å². The average Bonchev–Trinajstić information content (AvgIpc) is 3.24. The van der Waals surface area contributed by atoms with E-state index in [4.69, 9.17) is 42.6 Å². The molecule has 0 saturated carbocycles. The van der Waals surface area contributed by atoms with Crippen LogP contribution in [0.5, 0.6) is 0 Å². The molecule has 2 aliphatic rings. The predicted octanol–water partition coefficient (Wildman–Crippen LogP) is 8.41. The van der Waals surface area contributed by atoms with E-state index in [2.05, 4.69) is 53.8 Å². The summed E-state index contributed by atoms with van der Waals surface area (Å²) in [5.41, 5.74) is 0.445. The van der Waals surface area contributed by atoms with Gasteiger partial charge in [-0.1, -0.05) is 111 Å². The van der Waals surface area contributed by atoms with Gasteiger partial charge in [-0.2, -0.15) is 0 Å². The van der Waals surface area contributed by atoms with Gasteiger partial charge in [-0.25, -0.2) is 0 Å². The lowest BCUT2D eigenvalue weighted by Gasteiger charge is -2.51. The third-order valence-electron chi connectivity index (χ3n) is 10.7. The Morgan fingerprint density at radius 1 is 0.644 bits per heavy atom. The number of nitrogens with one attached hydrogen (secondary N) is 1. The molecule has 2 N–H and O–H groups in total. The quantitative estimate of drug-likeness (QED) is 0.0391. The number of unbranched alkanes of at least 4 members (excludes halogenated alkanes) is 6. The summed E-state index contributed by atoms with van der Waals surface area (Å²) in [6, 6.07) is 6.50. The summed E-state index contributed by atoms with van der Waals surface area (Å²) in [7, 11) is 0. The SMILES string of the molecule is CCCCOCC1O[C@@H](SCC)C(NC(O)c2ccccc2C=O)C(OCCCC)[C@@H]1O[C@@H]1OC(COCCCC)[C@H](OCCCC)C(OCCCC)C1OCCCC. The smallest absolute Gasteiger partial charge is 0.187 e. The van der Waals surface area contributed by atoms with Crippen molar-refractivity contribution in [2.24, 2.45) is 0 Å². The Morgan fingerprint density at radius 2 is 1.14 bits per heavy atom. The van der Waals surface area contributed by atoms with Crippen molar-refractivity contribution in [2.75, 3.05) is 58.6 Å². The lowest BCUT2D eigenvalue weighted by Crippen LogP contribution is -2.68. The maximum Gasteiger partial charge on any atom is 0.187 e. The first-order valence-electron chi connectivity index (χ1n) is 23.1. The van der Waals surface area contributed by atoms with Crippen LogP contribution in [0.1, 0.15) is 148 Å². The van der Waals surface area contributed by atoms with E-state index in [1.165, 1.54) is 0 Å². The summed E-state index contributed by atoms with van der Waals surface area (Å²) in [5, 5.41) is 15.2. The zero-order chi connectivity index (χ0) is 42.7. The Kier molecular flexibility index (Phi) is 27.9. The minimum absolute atomic E-state index is 0.277. The molecule has 13 heteroatoms. The van der Waals surface area contributed by atoms with Crippen LogP contribution in [0.4, 0.5) is 0 Å². The average molecular weight is 856 g/mol. The highest BCUT2D eigenvalue weighted by atomic mass is 32.2. The second-order valence-corrected chi connectivity index (χ2v) is 17.0. The third-order valence-corrected chi connectivity index (χ3v) is 11.8. The van der Waals surface area contributed by atoms with Crippen molar-refractivity contribution in [3.8, 4) is 0 Å². The number of aliphatic hydroxyl groups excluding tert-OH is 1. The fourth-order valence-electron chi connectivity index (χ4n) is 7.21. The van der Waals surface area contributed by atoms with Crippen LogP contribution in [-0.4, -0.2) is 130 Å². The fraction of sp³-hybridized carbons (Fsp3) is 0.848. The van der Waals surface area contributed by atoms with Crippen LogP contribution in [0.15, 0.2) is 24.3 Å². The number of ether oxygens (including phenoxy) is 9. The number of hydrogen-bond donors (Lipinski definition) is 2. The minimum Gasteiger partial charge on any atom is -0.379 e. The van der Waals surface area contributed by atoms with Gasteiger partial charge in [-0.05, 0) is 44.3 Å². The van der Waals surface area contributed by atoms with Crippen LogP contribution >= 0.6 is 11.8 Å². The largest absolute Gasteiger partial charge is 0.379 e. The number of hydrogen-bond acceptors (Lipinski definition) is 13. The van der Waals surface area contributed by atoms with E-state index < -0.39 is 66.7 Å². The summed E-state index contributed by atoms with van der Waals surface area (Å²) in [6.07, 6.45) is 6.03. The van der Waals surface area contributed by atoms with Crippen molar-refractivity contribution < 1.29 is 52.5 Å². The Morgan fingerprint density at radius 3 is 1.68 bits per heavy atom. The molecule has 7 unspecified atom stereocenters. The summed E-state index contributed by atoms with van der Waals surface area (Å²) >= 11 is 1.63. The number of carbonyl (C=O) groups excluding carboxylic acids is 1. The van der Waals surface area contributed by atoms with Crippen LogP contribution < -0.4 is 5.32 Å². The molecule has 0 spiro atoms. The van der Waals surface area contributed by atoms with Crippen molar-refractivity contribution >= 4 is 18.0 Å². The minimum atomic E-state index is -1.18. The normalized spacial score (nSPS) is 27.9. The molecule has 0 aromatic heterocycles. The summed E-state index contributed by atoms with van der Waals surface area (Å²) in [5.74, 6) is 0.759. The highest BCUT2D eigenvalue weighted by molar-refractivity contribution is 7.99. The molecule has 3 rings (SSSR count). The first-order valence-corrected chi connectivity index (χ1v) is 24.1. The topological polar surface area (TPSA) is 132 Å². The van der Waals surface area contributed by atoms with Gasteiger partial charge < -0.3 is 47.7 Å². The molecule has 12 nitrogen and oxygen atoms in total. The monoisotopic (exact) mass is 856 g/mol. The van der Waals surface area contributed by atoms with Crippen molar-refractivity contribution in [1.29, 1.82) is 0 Å². The first-order chi connectivity index (χ1) is 28.9. The molecule has 2 aliphatic heterocycles. The van der Waals surface area contributed by atoms with Crippen LogP contribution in [0.3, 0.4) is 0 Å². The van der Waals surface area contributed by atoms with Gasteiger partial charge in [0.25, 0.3) is 0 Å². The highest BCUT2D eigenvalue weighted by Crippen LogP contribution is 2.37. The summed E-state index contributed by atoms with van der Waals surface area (Å²) in [6.45, 7) is 18.8. The zero-order valence-electron chi connectivity index (χ0n) is 37.5. The molecule has 0 aliphatic carbocycles. The molecule has 11 atom stereocenters. The van der Waals surface area contributed by atoms with Crippen LogP contribution in [-0.2, 0) is 42.6 Å². The molecule has 0 radical (unpaired) electrons. The molecule has 1 aromatic rings. The molecular formula is C46H81NO11S. The number of aldehydes is 1. The van der Waals surface area contributed by atoms with E-state index in [1.807, 2.05) is 6.07 Å². The molecule has 1 aromatic carbocycles. The van der Waals surface area contributed by atoms with Gasteiger partial charge in [0.2, 0.25) is 0 Å². The fourth-order valence-corrected chi connectivity index (χ4v) is 8.20. The molecule has 2 fully saturated rings. The predicted molar refractivity (Wildman–Crippen MR) is 234 cm³/mol. The summed E-state index contributed by atoms with van der Waals surface area (Å²) < 4.78 is 60.9. The van der Waals surface area contributed by atoms with E-state index >= 15 is 0 Å². The van der Waals surface area contributed by atoms with E-state index in [1.54, 1.807) is 30.0 Å². The van der Waals surface area contributed by atoms with Crippen LogP contribution in [0.25, 0.3) is 0 Å². The number of benzene rings is 1. The molecule has 2 heterocycles. The molecule has 2 saturated heterocycles. The van der Waals surface area contributed by atoms with Crippen molar-refractivity contribution in [3.05, 3.63) is 35.4 Å². The Balaban J connectivity index is 2.15. The second-order valence-electron chi connectivity index (χ2n) is 15.6. The molecule has 0 bridgehead atoms. The number of aliphatic hydroxyl groups is 1. The van der Waals surface area contributed by atoms with E-state index in [-0.39, 0.29) is 6.61 Å². The molecular weight excluding hydrogens is 775 g/mol. The van der Waals surface area contributed by atoms with Gasteiger partial charge >= 0.3 is 0 Å². The third kappa shape index (κ3) is 17.5. The zero-order valence-corrected chi connectivity index (χ0v) is 38.3. The van der Waals surface area contributed by atoms with Crippen LogP contribution in [0.2, 0.25) is 0 Å². The highest BCUT2D eigenvalue weighted by Gasteiger charge is 2.54. The lowest BCUT2D eigenvalue weighted by molar-refractivity contribution is -0.351. The summed E-state index contributed by atoms with van der Waals surface area (Å²) in [4.78, 5) is 12.1. The van der Waals surface area contributed by atoms with Crippen molar-refractivity contribution in [3.63, 3.8) is 0 Å². The van der Waals surface area contributed by atoms with Gasteiger partial charge in [0.15, 0.2) is 6.29 Å². The maximum atomic E-state index is 12.1. The number of rotatable bonds is 34. The van der Waals surface area contributed by atoms with E-state index in [9.17, 15) is 9.90 Å². The van der Waals surface area contributed by atoms with E-state index in [0.29, 0.717) is 57.4 Å².